The minimum absolute atomic E-state index is 0.500. The first kappa shape index (κ1) is 13.2. The van der Waals surface area contributed by atoms with Crippen molar-refractivity contribution in [3.05, 3.63) is 31.9 Å². The molecule has 1 unspecified atom stereocenters. The van der Waals surface area contributed by atoms with Crippen LogP contribution >= 0.6 is 22.7 Å². The Hall–Kier alpha value is -0.780. The molecule has 1 aliphatic rings. The second-order valence-electron chi connectivity index (χ2n) is 4.88. The average Bonchev–Trinajstić information content (AvgIpc) is 3.07. The molecular weight excluding hydrogens is 274 g/mol. The summed E-state index contributed by atoms with van der Waals surface area (Å²) in [6.07, 6.45) is 4.75. The molecule has 0 amide bonds. The third-order valence-electron chi connectivity index (χ3n) is 3.60. The molecule has 2 heterocycles. The minimum atomic E-state index is 0.500. The highest BCUT2D eigenvalue weighted by Gasteiger charge is 2.25. The van der Waals surface area contributed by atoms with Crippen LogP contribution in [0.1, 0.15) is 46.1 Å². The van der Waals surface area contributed by atoms with Crippen LogP contribution in [0, 0.1) is 0 Å². The number of aromatic nitrogens is 2. The lowest BCUT2D eigenvalue weighted by atomic mass is 9.88. The van der Waals surface area contributed by atoms with Crippen LogP contribution in [0.15, 0.2) is 11.4 Å². The van der Waals surface area contributed by atoms with Crippen LogP contribution in [0.25, 0.3) is 0 Å². The summed E-state index contributed by atoms with van der Waals surface area (Å²) < 4.78 is 0. The van der Waals surface area contributed by atoms with Gasteiger partial charge in [0.1, 0.15) is 10.0 Å². The highest BCUT2D eigenvalue weighted by atomic mass is 32.1. The smallest absolute Gasteiger partial charge is 0.124 e. The minimum Gasteiger partial charge on any atom is -0.317 e. The van der Waals surface area contributed by atoms with E-state index in [1.54, 1.807) is 16.2 Å². The molecule has 0 fully saturated rings. The summed E-state index contributed by atoms with van der Waals surface area (Å²) in [6.45, 7) is 4.15. The first-order valence-electron chi connectivity index (χ1n) is 6.97. The van der Waals surface area contributed by atoms with Crippen LogP contribution in [0.3, 0.4) is 0 Å². The average molecular weight is 293 g/mol. The second kappa shape index (κ2) is 6.11. The van der Waals surface area contributed by atoms with Gasteiger partial charge in [0, 0.05) is 23.8 Å². The van der Waals surface area contributed by atoms with E-state index in [0.29, 0.717) is 5.92 Å². The molecule has 0 bridgehead atoms. The number of hydrogen-bond donors (Lipinski definition) is 1. The van der Waals surface area contributed by atoms with Gasteiger partial charge < -0.3 is 5.32 Å². The Labute approximate surface area is 122 Å². The molecule has 1 aliphatic carbocycles. The third kappa shape index (κ3) is 2.88. The van der Waals surface area contributed by atoms with Crippen molar-refractivity contribution < 1.29 is 0 Å². The number of nitrogens with zero attached hydrogens (tertiary/aromatic N) is 2. The van der Waals surface area contributed by atoms with Gasteiger partial charge in [0.05, 0.1) is 0 Å². The molecule has 102 valence electrons. The maximum Gasteiger partial charge on any atom is 0.124 e. The number of rotatable bonds is 5. The molecule has 1 N–H and O–H groups in total. The Morgan fingerprint density at radius 1 is 1.42 bits per heavy atom. The third-order valence-corrected chi connectivity index (χ3v) is 5.69. The molecule has 0 saturated carbocycles. The van der Waals surface area contributed by atoms with Crippen molar-refractivity contribution in [3.63, 3.8) is 0 Å². The quantitative estimate of drug-likeness (QED) is 0.860. The van der Waals surface area contributed by atoms with Crippen molar-refractivity contribution in [2.45, 2.75) is 38.5 Å². The molecule has 0 aliphatic heterocycles. The summed E-state index contributed by atoms with van der Waals surface area (Å²) in [5.74, 6) is 0.500. The van der Waals surface area contributed by atoms with Crippen LogP contribution in [-0.2, 0) is 12.8 Å². The van der Waals surface area contributed by atoms with Crippen LogP contribution in [0.2, 0.25) is 0 Å². The summed E-state index contributed by atoms with van der Waals surface area (Å²) in [5, 5.41) is 16.7. The highest BCUT2D eigenvalue weighted by molar-refractivity contribution is 7.11. The monoisotopic (exact) mass is 293 g/mol. The van der Waals surface area contributed by atoms with Crippen molar-refractivity contribution in [1.82, 2.24) is 15.5 Å². The zero-order chi connectivity index (χ0) is 13.1. The van der Waals surface area contributed by atoms with E-state index in [1.807, 2.05) is 11.3 Å². The molecule has 0 radical (unpaired) electrons. The fourth-order valence-corrected chi connectivity index (χ4v) is 4.61. The summed E-state index contributed by atoms with van der Waals surface area (Å²) in [4.78, 5) is 1.56. The molecule has 0 aromatic carbocycles. The molecule has 0 spiro atoms. The normalized spacial score (nSPS) is 18.5. The summed E-state index contributed by atoms with van der Waals surface area (Å²) in [7, 11) is 0. The van der Waals surface area contributed by atoms with Gasteiger partial charge in [0.15, 0.2) is 0 Å². The first-order valence-corrected chi connectivity index (χ1v) is 8.67. The van der Waals surface area contributed by atoms with E-state index < -0.39 is 0 Å². The van der Waals surface area contributed by atoms with Crippen LogP contribution in [0.4, 0.5) is 0 Å². The van der Waals surface area contributed by atoms with E-state index >= 15 is 0 Å². The molecular formula is C14H19N3S2. The van der Waals surface area contributed by atoms with E-state index in [-0.39, 0.29) is 0 Å². The van der Waals surface area contributed by atoms with E-state index in [1.165, 1.54) is 34.8 Å². The Morgan fingerprint density at radius 3 is 3.26 bits per heavy atom. The predicted molar refractivity (Wildman–Crippen MR) is 81.3 cm³/mol. The summed E-state index contributed by atoms with van der Waals surface area (Å²) in [6, 6.07) is 2.28. The van der Waals surface area contributed by atoms with Crippen LogP contribution in [0.5, 0.6) is 0 Å². The Kier molecular flexibility index (Phi) is 4.25. The SMILES string of the molecule is CCNCCc1nnc(C2CCCc3sccc32)s1. The van der Waals surface area contributed by atoms with Crippen molar-refractivity contribution >= 4 is 22.7 Å². The van der Waals surface area contributed by atoms with Gasteiger partial charge in [-0.1, -0.05) is 6.92 Å². The molecule has 5 heteroatoms. The summed E-state index contributed by atoms with van der Waals surface area (Å²) >= 11 is 3.69. The Balaban J connectivity index is 1.73. The Morgan fingerprint density at radius 2 is 2.37 bits per heavy atom. The zero-order valence-electron chi connectivity index (χ0n) is 11.2. The standard InChI is InChI=1S/C14H19N3S2/c1-2-15-8-6-13-16-17-14(19-13)11-4-3-5-12-10(11)7-9-18-12/h7,9,11,15H,2-6,8H2,1H3. The largest absolute Gasteiger partial charge is 0.317 e. The van der Waals surface area contributed by atoms with E-state index in [9.17, 15) is 0 Å². The first-order chi connectivity index (χ1) is 9.38. The lowest BCUT2D eigenvalue weighted by Crippen LogP contribution is -2.15. The molecule has 2 aromatic heterocycles. The van der Waals surface area contributed by atoms with Crippen molar-refractivity contribution in [2.24, 2.45) is 0 Å². The molecule has 0 saturated heterocycles. The number of fused-ring (bicyclic) bond motifs is 1. The predicted octanol–water partition coefficient (Wildman–Crippen LogP) is 3.22. The van der Waals surface area contributed by atoms with Gasteiger partial charge >= 0.3 is 0 Å². The van der Waals surface area contributed by atoms with E-state index in [4.69, 9.17) is 0 Å². The van der Waals surface area contributed by atoms with Crippen LogP contribution < -0.4 is 5.32 Å². The van der Waals surface area contributed by atoms with Gasteiger partial charge in [-0.25, -0.2) is 0 Å². The Bertz CT molecular complexity index is 532. The van der Waals surface area contributed by atoms with Crippen molar-refractivity contribution in [1.29, 1.82) is 0 Å². The number of likely N-dealkylation sites (N-methyl/N-ethyl adjacent to an activating group) is 1. The second-order valence-corrected chi connectivity index (χ2v) is 6.98. The lowest BCUT2D eigenvalue weighted by Gasteiger charge is -2.19. The topological polar surface area (TPSA) is 37.8 Å². The molecule has 3 nitrogen and oxygen atoms in total. The highest BCUT2D eigenvalue weighted by Crippen LogP contribution is 2.39. The lowest BCUT2D eigenvalue weighted by molar-refractivity contribution is 0.617. The maximum absolute atomic E-state index is 4.44. The zero-order valence-corrected chi connectivity index (χ0v) is 12.8. The van der Waals surface area contributed by atoms with Gasteiger partial charge in [0.2, 0.25) is 0 Å². The molecule has 1 atom stereocenters. The molecule has 3 rings (SSSR count). The fourth-order valence-electron chi connectivity index (χ4n) is 2.62. The number of nitrogens with one attached hydrogen (secondary N) is 1. The maximum atomic E-state index is 4.44. The van der Waals surface area contributed by atoms with Gasteiger partial charge in [0.25, 0.3) is 0 Å². The summed E-state index contributed by atoms with van der Waals surface area (Å²) in [5.41, 5.74) is 1.51. The van der Waals surface area contributed by atoms with Gasteiger partial charge in [-0.2, -0.15) is 0 Å². The van der Waals surface area contributed by atoms with E-state index in [0.717, 1.165) is 19.5 Å². The van der Waals surface area contributed by atoms with Crippen LogP contribution in [-0.4, -0.2) is 23.3 Å². The van der Waals surface area contributed by atoms with E-state index in [2.05, 4.69) is 33.9 Å². The number of aryl methyl sites for hydroxylation is 1. The molecule has 2 aromatic rings. The number of hydrogen-bond acceptors (Lipinski definition) is 5. The van der Waals surface area contributed by atoms with Crippen molar-refractivity contribution in [3.8, 4) is 0 Å². The van der Waals surface area contributed by atoms with Gasteiger partial charge in [-0.3, -0.25) is 0 Å². The van der Waals surface area contributed by atoms with Gasteiger partial charge in [-0.05, 0) is 42.8 Å². The number of thiophene rings is 1. The van der Waals surface area contributed by atoms with Crippen molar-refractivity contribution in [2.75, 3.05) is 13.1 Å². The van der Waals surface area contributed by atoms with Gasteiger partial charge in [-0.15, -0.1) is 32.9 Å². The molecule has 19 heavy (non-hydrogen) atoms. The fraction of sp³-hybridized carbons (Fsp3) is 0.571.